The summed E-state index contributed by atoms with van der Waals surface area (Å²) in [6, 6.07) is 2.86. The molecule has 5 N–H and O–H groups in total. The van der Waals surface area contributed by atoms with Gasteiger partial charge in [-0.05, 0) is 24.1 Å². The third-order valence-electron chi connectivity index (χ3n) is 1.74. The number of phenols is 2. The molecule has 76 valence electrons. The molecule has 0 amide bonds. The van der Waals surface area contributed by atoms with Gasteiger partial charge in [-0.15, -0.1) is 0 Å². The minimum atomic E-state index is -1.12. The summed E-state index contributed by atoms with van der Waals surface area (Å²) in [4.78, 5) is 10.4. The van der Waals surface area contributed by atoms with Crippen LogP contribution in [-0.2, 0) is 11.2 Å². The second-order valence-corrected chi connectivity index (χ2v) is 3.01. The molecule has 1 aromatic rings. The first-order valence-corrected chi connectivity index (χ1v) is 3.99. The average Bonchev–Trinajstić information content (AvgIpc) is 2.01. The van der Waals surface area contributed by atoms with Crippen LogP contribution >= 0.6 is 0 Å². The van der Waals surface area contributed by atoms with Crippen LogP contribution in [-0.4, -0.2) is 27.3 Å². The Hall–Kier alpha value is -1.75. The summed E-state index contributed by atoms with van der Waals surface area (Å²) in [6.45, 7) is 0. The number of rotatable bonds is 3. The summed E-state index contributed by atoms with van der Waals surface area (Å²) >= 11 is 0. The van der Waals surface area contributed by atoms with Crippen molar-refractivity contribution in [2.24, 2.45) is 5.73 Å². The molecule has 0 spiro atoms. The van der Waals surface area contributed by atoms with Gasteiger partial charge in [-0.1, -0.05) is 0 Å². The molecule has 0 saturated heterocycles. The van der Waals surface area contributed by atoms with Gasteiger partial charge in [-0.2, -0.15) is 0 Å². The lowest BCUT2D eigenvalue weighted by Crippen LogP contribution is -2.32. The van der Waals surface area contributed by atoms with E-state index in [0.29, 0.717) is 5.56 Å². The number of aliphatic carboxylic acids is 1. The summed E-state index contributed by atoms with van der Waals surface area (Å²) in [5.74, 6) is -1.34. The first kappa shape index (κ1) is 10.3. The molecule has 0 aliphatic rings. The van der Waals surface area contributed by atoms with Gasteiger partial charge < -0.3 is 21.1 Å². The van der Waals surface area contributed by atoms with Crippen LogP contribution in [0.5, 0.6) is 11.5 Å². The van der Waals surface area contributed by atoms with Gasteiger partial charge in [0.2, 0.25) is 0 Å². The van der Waals surface area contributed by atoms with Crippen LogP contribution in [0.15, 0.2) is 18.2 Å². The molecule has 14 heavy (non-hydrogen) atoms. The zero-order chi connectivity index (χ0) is 10.7. The van der Waals surface area contributed by atoms with Crippen molar-refractivity contribution in [3.05, 3.63) is 23.8 Å². The van der Waals surface area contributed by atoms with Gasteiger partial charge in [0.1, 0.15) is 17.5 Å². The maximum Gasteiger partial charge on any atom is 0.320 e. The molecule has 0 aliphatic carbocycles. The Labute approximate surface area is 80.4 Å². The maximum absolute atomic E-state index is 10.4. The number of aromatic hydroxyl groups is 2. The van der Waals surface area contributed by atoms with E-state index in [2.05, 4.69) is 0 Å². The van der Waals surface area contributed by atoms with Gasteiger partial charge in [-0.3, -0.25) is 4.79 Å². The van der Waals surface area contributed by atoms with Crippen molar-refractivity contribution in [2.75, 3.05) is 0 Å². The van der Waals surface area contributed by atoms with Crippen molar-refractivity contribution >= 4 is 5.97 Å². The summed E-state index contributed by atoms with van der Waals surface area (Å²) in [5, 5.41) is 26.7. The highest BCUT2D eigenvalue weighted by molar-refractivity contribution is 5.73. The third kappa shape index (κ3) is 2.63. The molecule has 1 rings (SSSR count). The Bertz CT molecular complexity index is 330. The van der Waals surface area contributed by atoms with Crippen LogP contribution in [0.2, 0.25) is 0 Å². The Morgan fingerprint density at radius 3 is 2.21 bits per heavy atom. The van der Waals surface area contributed by atoms with Crippen LogP contribution in [0.4, 0.5) is 0 Å². The summed E-state index contributed by atoms with van der Waals surface area (Å²) in [5.41, 5.74) is 5.77. The topological polar surface area (TPSA) is 104 Å². The van der Waals surface area contributed by atoms with Crippen LogP contribution in [0.1, 0.15) is 5.56 Å². The van der Waals surface area contributed by atoms with E-state index in [1.54, 1.807) is 0 Å². The normalized spacial score (nSPS) is 12.4. The molecule has 0 fully saturated rings. The number of nitrogens with two attached hydrogens (primary N) is 1. The van der Waals surface area contributed by atoms with Crippen molar-refractivity contribution in [2.45, 2.75) is 12.5 Å². The largest absolute Gasteiger partial charge is 0.508 e. The minimum absolute atomic E-state index is 0.0668. The summed E-state index contributed by atoms with van der Waals surface area (Å²) in [7, 11) is 0. The number of carboxylic acid groups (broad SMARTS) is 1. The van der Waals surface area contributed by atoms with Crippen LogP contribution in [0.25, 0.3) is 0 Å². The molecular weight excluding hydrogens is 186 g/mol. The minimum Gasteiger partial charge on any atom is -0.508 e. The highest BCUT2D eigenvalue weighted by Crippen LogP contribution is 2.20. The second-order valence-electron chi connectivity index (χ2n) is 3.01. The fourth-order valence-corrected chi connectivity index (χ4v) is 1.12. The number of hydrogen-bond donors (Lipinski definition) is 4. The summed E-state index contributed by atoms with van der Waals surface area (Å²) in [6.07, 6.45) is 0.0668. The quantitative estimate of drug-likeness (QED) is 0.548. The van der Waals surface area contributed by atoms with Crippen molar-refractivity contribution in [1.82, 2.24) is 0 Å². The Balaban J connectivity index is 2.81. The van der Waals surface area contributed by atoms with E-state index in [9.17, 15) is 4.79 Å². The number of carboxylic acids is 1. The van der Waals surface area contributed by atoms with E-state index in [1.165, 1.54) is 12.1 Å². The molecule has 1 aromatic carbocycles. The molecule has 1 unspecified atom stereocenters. The zero-order valence-corrected chi connectivity index (χ0v) is 7.34. The fraction of sp³-hybridized carbons (Fsp3) is 0.222. The molecule has 5 nitrogen and oxygen atoms in total. The lowest BCUT2D eigenvalue weighted by molar-refractivity contribution is -0.138. The summed E-state index contributed by atoms with van der Waals surface area (Å²) < 4.78 is 0. The first-order chi connectivity index (χ1) is 6.49. The van der Waals surface area contributed by atoms with Crippen molar-refractivity contribution in [1.29, 1.82) is 0 Å². The molecule has 1 atom stereocenters. The lowest BCUT2D eigenvalue weighted by Gasteiger charge is -2.07. The van der Waals surface area contributed by atoms with Crippen molar-refractivity contribution in [3.8, 4) is 11.5 Å². The lowest BCUT2D eigenvalue weighted by atomic mass is 10.1. The molecule has 0 saturated carbocycles. The molecule has 5 heteroatoms. The SMILES string of the molecule is NC(Cc1cc(O)cc(O)c1)C(=O)O. The van der Waals surface area contributed by atoms with Gasteiger partial charge in [0, 0.05) is 6.07 Å². The van der Waals surface area contributed by atoms with Crippen molar-refractivity contribution in [3.63, 3.8) is 0 Å². The van der Waals surface area contributed by atoms with E-state index < -0.39 is 12.0 Å². The second kappa shape index (κ2) is 3.97. The van der Waals surface area contributed by atoms with E-state index in [4.69, 9.17) is 21.1 Å². The standard InChI is InChI=1S/C9H11NO4/c10-8(9(13)14)3-5-1-6(11)4-7(12)2-5/h1-2,4,8,11-12H,3,10H2,(H,13,14). The number of carbonyl (C=O) groups is 1. The zero-order valence-electron chi connectivity index (χ0n) is 7.34. The number of phenolic OH excluding ortho intramolecular Hbond substituents is 2. The van der Waals surface area contributed by atoms with Gasteiger partial charge in [0.15, 0.2) is 0 Å². The van der Waals surface area contributed by atoms with Crippen LogP contribution in [0, 0.1) is 0 Å². The molecule has 0 radical (unpaired) electrons. The predicted molar refractivity (Wildman–Crippen MR) is 49.1 cm³/mol. The van der Waals surface area contributed by atoms with Crippen LogP contribution in [0.3, 0.4) is 0 Å². The highest BCUT2D eigenvalue weighted by atomic mass is 16.4. The Kier molecular flexibility index (Phi) is 2.93. The third-order valence-corrected chi connectivity index (χ3v) is 1.74. The van der Waals surface area contributed by atoms with E-state index in [1.807, 2.05) is 0 Å². The predicted octanol–water partition coefficient (Wildman–Crippen LogP) is 0.0522. The Morgan fingerprint density at radius 1 is 1.29 bits per heavy atom. The smallest absolute Gasteiger partial charge is 0.320 e. The van der Waals surface area contributed by atoms with Gasteiger partial charge in [-0.25, -0.2) is 0 Å². The average molecular weight is 197 g/mol. The number of benzene rings is 1. The molecular formula is C9H11NO4. The van der Waals surface area contributed by atoms with Gasteiger partial charge >= 0.3 is 5.97 Å². The van der Waals surface area contributed by atoms with Crippen LogP contribution < -0.4 is 5.73 Å². The highest BCUT2D eigenvalue weighted by Gasteiger charge is 2.12. The molecule has 0 aromatic heterocycles. The Morgan fingerprint density at radius 2 is 1.79 bits per heavy atom. The number of hydrogen-bond acceptors (Lipinski definition) is 4. The van der Waals surface area contributed by atoms with E-state index in [0.717, 1.165) is 6.07 Å². The van der Waals surface area contributed by atoms with E-state index in [-0.39, 0.29) is 17.9 Å². The van der Waals surface area contributed by atoms with Crippen molar-refractivity contribution < 1.29 is 20.1 Å². The van der Waals surface area contributed by atoms with Gasteiger partial charge in [0.05, 0.1) is 0 Å². The van der Waals surface area contributed by atoms with Gasteiger partial charge in [0.25, 0.3) is 0 Å². The maximum atomic E-state index is 10.4. The molecule has 0 heterocycles. The van der Waals surface area contributed by atoms with E-state index >= 15 is 0 Å². The monoisotopic (exact) mass is 197 g/mol. The molecule has 0 bridgehead atoms. The molecule has 0 aliphatic heterocycles. The first-order valence-electron chi connectivity index (χ1n) is 3.99. The fourth-order valence-electron chi connectivity index (χ4n) is 1.12.